The van der Waals surface area contributed by atoms with Crippen molar-refractivity contribution in [3.63, 3.8) is 0 Å². The van der Waals surface area contributed by atoms with Crippen LogP contribution in [-0.4, -0.2) is 29.2 Å². The van der Waals surface area contributed by atoms with E-state index in [-0.39, 0.29) is 11.7 Å². The van der Waals surface area contributed by atoms with Crippen molar-refractivity contribution in [2.24, 2.45) is 0 Å². The summed E-state index contributed by atoms with van der Waals surface area (Å²) in [6, 6.07) is 15.3. The largest absolute Gasteiger partial charge is 0.406 e. The number of piperidine rings is 1. The van der Waals surface area contributed by atoms with E-state index in [2.05, 4.69) is 20.4 Å². The molecule has 0 spiro atoms. The summed E-state index contributed by atoms with van der Waals surface area (Å²) in [6.45, 7) is 1.79. The van der Waals surface area contributed by atoms with Gasteiger partial charge < -0.3 is 14.6 Å². The molecule has 7 heteroatoms. The summed E-state index contributed by atoms with van der Waals surface area (Å²) in [4.78, 5) is 14.8. The minimum absolute atomic E-state index is 0.316. The van der Waals surface area contributed by atoms with Gasteiger partial charge in [0.05, 0.1) is 0 Å². The highest BCUT2D eigenvalue weighted by Gasteiger charge is 2.24. The number of nitrogens with zero attached hydrogens (tertiary/aromatic N) is 3. The van der Waals surface area contributed by atoms with Crippen molar-refractivity contribution in [2.45, 2.75) is 31.7 Å². The Kier molecular flexibility index (Phi) is 5.84. The molecule has 1 amide bonds. The average molecular weight is 394 g/mol. The second kappa shape index (κ2) is 8.86. The number of rotatable bonds is 6. The highest BCUT2D eigenvalue weighted by Crippen LogP contribution is 2.24. The number of hydrogen-bond donors (Lipinski definition) is 1. The van der Waals surface area contributed by atoms with E-state index >= 15 is 0 Å². The standard InChI is InChI=1S/C22H23FN4O2/c23-18-11-9-17(10-12-18)20(28)24-19(15-16-7-3-1-4-8-16)21-25-26-22(29-21)27-13-5-2-6-14-27/h1,3-4,7-12,19H,2,5-6,13-15H2,(H,24,28)/t19-/m1/s1. The maximum atomic E-state index is 13.2. The lowest BCUT2D eigenvalue weighted by Gasteiger charge is -2.24. The second-order valence-electron chi connectivity index (χ2n) is 7.19. The Morgan fingerprint density at radius 2 is 1.76 bits per heavy atom. The average Bonchev–Trinajstić information content (AvgIpc) is 3.25. The molecule has 6 nitrogen and oxygen atoms in total. The number of carbonyl (C=O) groups is 1. The Bertz CT molecular complexity index is 937. The molecule has 1 aliphatic rings. The fourth-order valence-electron chi connectivity index (χ4n) is 3.47. The highest BCUT2D eigenvalue weighted by molar-refractivity contribution is 5.94. The first-order chi connectivity index (χ1) is 14.2. The van der Waals surface area contributed by atoms with Crippen molar-refractivity contribution in [1.29, 1.82) is 0 Å². The van der Waals surface area contributed by atoms with Gasteiger partial charge in [-0.3, -0.25) is 4.79 Å². The molecule has 3 aromatic rings. The molecule has 29 heavy (non-hydrogen) atoms. The van der Waals surface area contributed by atoms with Gasteiger partial charge in [0.15, 0.2) is 0 Å². The van der Waals surface area contributed by atoms with Crippen molar-refractivity contribution in [3.8, 4) is 0 Å². The number of hydrogen-bond acceptors (Lipinski definition) is 5. The van der Waals surface area contributed by atoms with Gasteiger partial charge in [0.2, 0.25) is 5.89 Å². The van der Waals surface area contributed by atoms with Crippen LogP contribution in [0.25, 0.3) is 0 Å². The molecular formula is C22H23FN4O2. The Hall–Kier alpha value is -3.22. The number of amides is 1. The maximum absolute atomic E-state index is 13.2. The van der Waals surface area contributed by atoms with Crippen molar-refractivity contribution in [3.05, 3.63) is 77.4 Å². The number of halogens is 1. The number of aromatic nitrogens is 2. The van der Waals surface area contributed by atoms with E-state index in [1.54, 1.807) is 0 Å². The van der Waals surface area contributed by atoms with E-state index in [0.717, 1.165) is 31.5 Å². The molecular weight excluding hydrogens is 371 g/mol. The van der Waals surface area contributed by atoms with Gasteiger partial charge in [0, 0.05) is 25.1 Å². The number of benzene rings is 2. The third-order valence-corrected chi connectivity index (χ3v) is 5.05. The summed E-state index contributed by atoms with van der Waals surface area (Å²) in [6.07, 6.45) is 3.93. The van der Waals surface area contributed by atoms with Gasteiger partial charge in [-0.2, -0.15) is 0 Å². The minimum atomic E-state index is -0.485. The first kappa shape index (κ1) is 19.1. The van der Waals surface area contributed by atoms with E-state index in [1.807, 2.05) is 30.3 Å². The van der Waals surface area contributed by atoms with Crippen LogP contribution in [0.4, 0.5) is 10.4 Å². The van der Waals surface area contributed by atoms with Crippen LogP contribution in [0.3, 0.4) is 0 Å². The normalized spacial score (nSPS) is 15.1. The molecule has 2 aromatic carbocycles. The molecule has 0 aliphatic carbocycles. The Balaban J connectivity index is 1.55. The molecule has 150 valence electrons. The predicted octanol–water partition coefficient (Wildman–Crippen LogP) is 3.91. The summed E-state index contributed by atoms with van der Waals surface area (Å²) in [7, 11) is 0. The maximum Gasteiger partial charge on any atom is 0.318 e. The Morgan fingerprint density at radius 3 is 2.48 bits per heavy atom. The van der Waals surface area contributed by atoms with Gasteiger partial charge >= 0.3 is 6.01 Å². The van der Waals surface area contributed by atoms with E-state index in [0.29, 0.717) is 23.9 Å². The van der Waals surface area contributed by atoms with Crippen LogP contribution in [0.1, 0.15) is 47.1 Å². The zero-order valence-corrected chi connectivity index (χ0v) is 16.1. The van der Waals surface area contributed by atoms with Crippen LogP contribution in [0, 0.1) is 5.82 Å². The van der Waals surface area contributed by atoms with E-state index < -0.39 is 6.04 Å². The zero-order chi connectivity index (χ0) is 20.1. The molecule has 1 N–H and O–H groups in total. The predicted molar refractivity (Wildman–Crippen MR) is 107 cm³/mol. The lowest BCUT2D eigenvalue weighted by Crippen LogP contribution is -2.30. The lowest BCUT2D eigenvalue weighted by molar-refractivity contribution is 0.0930. The minimum Gasteiger partial charge on any atom is -0.406 e. The molecule has 2 heterocycles. The van der Waals surface area contributed by atoms with Crippen molar-refractivity contribution < 1.29 is 13.6 Å². The van der Waals surface area contributed by atoms with Gasteiger partial charge in [-0.25, -0.2) is 4.39 Å². The number of carbonyl (C=O) groups excluding carboxylic acids is 1. The summed E-state index contributed by atoms with van der Waals surface area (Å²) >= 11 is 0. The molecule has 0 saturated carbocycles. The second-order valence-corrected chi connectivity index (χ2v) is 7.19. The van der Waals surface area contributed by atoms with E-state index in [9.17, 15) is 9.18 Å². The quantitative estimate of drug-likeness (QED) is 0.686. The smallest absolute Gasteiger partial charge is 0.318 e. The van der Waals surface area contributed by atoms with Gasteiger partial charge in [0.25, 0.3) is 5.91 Å². The van der Waals surface area contributed by atoms with Crippen molar-refractivity contribution >= 4 is 11.9 Å². The zero-order valence-electron chi connectivity index (χ0n) is 16.1. The topological polar surface area (TPSA) is 71.3 Å². The summed E-state index contributed by atoms with van der Waals surface area (Å²) in [5.41, 5.74) is 1.41. The molecule has 0 bridgehead atoms. The van der Waals surface area contributed by atoms with Crippen molar-refractivity contribution in [1.82, 2.24) is 15.5 Å². The number of nitrogens with one attached hydrogen (secondary N) is 1. The molecule has 0 unspecified atom stereocenters. The fourth-order valence-corrected chi connectivity index (χ4v) is 3.47. The highest BCUT2D eigenvalue weighted by atomic mass is 19.1. The van der Waals surface area contributed by atoms with E-state index in [4.69, 9.17) is 4.42 Å². The fraction of sp³-hybridized carbons (Fsp3) is 0.318. The van der Waals surface area contributed by atoms with Crippen LogP contribution in [0.2, 0.25) is 0 Å². The first-order valence-electron chi connectivity index (χ1n) is 9.88. The van der Waals surface area contributed by atoms with Gasteiger partial charge in [0.1, 0.15) is 11.9 Å². The molecule has 4 rings (SSSR count). The summed E-state index contributed by atoms with van der Waals surface area (Å²) < 4.78 is 19.1. The van der Waals surface area contributed by atoms with Crippen LogP contribution in [0.5, 0.6) is 0 Å². The van der Waals surface area contributed by atoms with Gasteiger partial charge in [-0.1, -0.05) is 35.4 Å². The Morgan fingerprint density at radius 1 is 1.03 bits per heavy atom. The van der Waals surface area contributed by atoms with Crippen LogP contribution in [-0.2, 0) is 6.42 Å². The summed E-state index contributed by atoms with van der Waals surface area (Å²) in [5.74, 6) is -0.334. The molecule has 1 atom stereocenters. The van der Waals surface area contributed by atoms with Crippen molar-refractivity contribution in [2.75, 3.05) is 18.0 Å². The Labute approximate surface area is 168 Å². The van der Waals surface area contributed by atoms with Crippen LogP contribution < -0.4 is 10.2 Å². The molecule has 1 aromatic heterocycles. The molecule has 0 radical (unpaired) electrons. The molecule has 1 fully saturated rings. The van der Waals surface area contributed by atoms with E-state index in [1.165, 1.54) is 30.7 Å². The third-order valence-electron chi connectivity index (χ3n) is 5.05. The van der Waals surface area contributed by atoms with Crippen LogP contribution in [0.15, 0.2) is 59.0 Å². The van der Waals surface area contributed by atoms with Gasteiger partial charge in [-0.15, -0.1) is 5.10 Å². The van der Waals surface area contributed by atoms with Crippen LogP contribution >= 0.6 is 0 Å². The molecule has 1 aliphatic heterocycles. The molecule has 1 saturated heterocycles. The monoisotopic (exact) mass is 394 g/mol. The lowest BCUT2D eigenvalue weighted by atomic mass is 10.1. The summed E-state index contributed by atoms with van der Waals surface area (Å²) in [5, 5.41) is 11.4. The SMILES string of the molecule is O=C(N[C@H](Cc1ccccc1)c1nnc(N2CCCCC2)o1)c1ccc(F)cc1. The third kappa shape index (κ3) is 4.80. The van der Waals surface area contributed by atoms with Gasteiger partial charge in [-0.05, 0) is 49.1 Å². The number of anilines is 1. The first-order valence-corrected chi connectivity index (χ1v) is 9.88.